The van der Waals surface area contributed by atoms with Crippen LogP contribution in [0.25, 0.3) is 5.57 Å². The number of rotatable bonds is 2. The van der Waals surface area contributed by atoms with Gasteiger partial charge in [-0.15, -0.1) is 11.3 Å². The first-order valence-electron chi connectivity index (χ1n) is 8.81. The lowest BCUT2D eigenvalue weighted by molar-refractivity contribution is -0.156. The van der Waals surface area contributed by atoms with Gasteiger partial charge in [-0.2, -0.15) is 0 Å². The van der Waals surface area contributed by atoms with Gasteiger partial charge in [0.25, 0.3) is 0 Å². The van der Waals surface area contributed by atoms with E-state index in [-0.39, 0.29) is 12.5 Å². The number of hydrogen-bond donors (Lipinski definition) is 0. The monoisotopic (exact) mass is 379 g/mol. The molecule has 0 aliphatic carbocycles. The van der Waals surface area contributed by atoms with Crippen LogP contribution in [0.1, 0.15) is 52.0 Å². The Labute approximate surface area is 160 Å². The predicted octanol–water partition coefficient (Wildman–Crippen LogP) is 4.65. The van der Waals surface area contributed by atoms with Gasteiger partial charge in [0.1, 0.15) is 11.7 Å². The van der Waals surface area contributed by atoms with Crippen molar-refractivity contribution in [3.05, 3.63) is 28.0 Å². The molecule has 1 aliphatic heterocycles. The molecule has 1 aliphatic rings. The zero-order chi connectivity index (χ0) is 19.7. The summed E-state index contributed by atoms with van der Waals surface area (Å²) in [6, 6.07) is 2.08. The second-order valence-electron chi connectivity index (χ2n) is 8.63. The average Bonchev–Trinajstić information content (AvgIpc) is 2.90. The summed E-state index contributed by atoms with van der Waals surface area (Å²) in [5.74, 6) is -0.286. The van der Waals surface area contributed by atoms with Gasteiger partial charge in [-0.05, 0) is 65.5 Å². The Balaban J connectivity index is 2.25. The van der Waals surface area contributed by atoms with Crippen molar-refractivity contribution in [2.24, 2.45) is 5.41 Å². The molecule has 26 heavy (non-hydrogen) atoms. The zero-order valence-corrected chi connectivity index (χ0v) is 17.5. The lowest BCUT2D eigenvalue weighted by Gasteiger charge is -2.34. The third kappa shape index (κ3) is 5.34. The van der Waals surface area contributed by atoms with Gasteiger partial charge >= 0.3 is 12.1 Å². The van der Waals surface area contributed by atoms with Crippen LogP contribution in [0.2, 0.25) is 0 Å². The molecule has 1 aromatic heterocycles. The minimum atomic E-state index is -0.607. The largest absolute Gasteiger partial charge is 0.455 e. The fraction of sp³-hybridized carbons (Fsp3) is 0.600. The van der Waals surface area contributed by atoms with E-state index in [1.54, 1.807) is 16.2 Å². The van der Waals surface area contributed by atoms with Crippen molar-refractivity contribution in [1.82, 2.24) is 4.90 Å². The van der Waals surface area contributed by atoms with Crippen molar-refractivity contribution in [2.45, 2.75) is 60.2 Å². The Morgan fingerprint density at radius 1 is 1.19 bits per heavy atom. The summed E-state index contributed by atoms with van der Waals surface area (Å²) in [5, 5.41) is 2.06. The van der Waals surface area contributed by atoms with Crippen molar-refractivity contribution in [1.29, 1.82) is 0 Å². The van der Waals surface area contributed by atoms with Crippen LogP contribution >= 0.6 is 11.3 Å². The number of carbonyl (C=O) groups is 2. The fourth-order valence-electron chi connectivity index (χ4n) is 2.49. The van der Waals surface area contributed by atoms with Crippen molar-refractivity contribution < 1.29 is 19.1 Å². The van der Waals surface area contributed by atoms with E-state index >= 15 is 0 Å². The number of hydrogen-bond acceptors (Lipinski definition) is 5. The molecule has 0 bridgehead atoms. The lowest BCUT2D eigenvalue weighted by Crippen LogP contribution is -2.46. The average molecular weight is 380 g/mol. The van der Waals surface area contributed by atoms with Gasteiger partial charge in [-0.25, -0.2) is 4.79 Å². The highest BCUT2D eigenvalue weighted by atomic mass is 32.1. The van der Waals surface area contributed by atoms with E-state index < -0.39 is 23.2 Å². The molecule has 1 amide bonds. The fourth-order valence-corrected chi connectivity index (χ4v) is 3.21. The second kappa shape index (κ2) is 7.43. The second-order valence-corrected chi connectivity index (χ2v) is 9.75. The molecule has 0 aromatic carbocycles. The van der Waals surface area contributed by atoms with E-state index in [9.17, 15) is 9.59 Å². The van der Waals surface area contributed by atoms with E-state index in [0.29, 0.717) is 6.54 Å². The Bertz CT molecular complexity index is 706. The minimum Gasteiger partial charge on any atom is -0.455 e. The number of esters is 1. The number of ether oxygens (including phenoxy) is 2. The normalized spacial score (nSPS) is 18.3. The highest BCUT2D eigenvalue weighted by Gasteiger charge is 2.34. The van der Waals surface area contributed by atoms with Gasteiger partial charge in [0.15, 0.2) is 0 Å². The molecule has 2 rings (SSSR count). The maximum Gasteiger partial charge on any atom is 0.410 e. The summed E-state index contributed by atoms with van der Waals surface area (Å²) >= 11 is 1.65. The van der Waals surface area contributed by atoms with Gasteiger partial charge < -0.3 is 14.4 Å². The van der Waals surface area contributed by atoms with E-state index in [4.69, 9.17) is 9.47 Å². The van der Waals surface area contributed by atoms with E-state index in [1.165, 1.54) is 4.88 Å². The molecule has 0 spiro atoms. The van der Waals surface area contributed by atoms with Crippen LogP contribution in [0.15, 0.2) is 17.5 Å². The number of thiophene rings is 1. The summed E-state index contributed by atoms with van der Waals surface area (Å²) in [4.78, 5) is 27.6. The predicted molar refractivity (Wildman–Crippen MR) is 104 cm³/mol. The van der Waals surface area contributed by atoms with Gasteiger partial charge in [0, 0.05) is 17.0 Å². The van der Waals surface area contributed by atoms with Crippen molar-refractivity contribution in [3.63, 3.8) is 0 Å². The topological polar surface area (TPSA) is 55.8 Å². The van der Waals surface area contributed by atoms with Crippen LogP contribution in [0.3, 0.4) is 0 Å². The highest BCUT2D eigenvalue weighted by molar-refractivity contribution is 7.10. The van der Waals surface area contributed by atoms with Crippen LogP contribution in [0.5, 0.6) is 0 Å². The first-order chi connectivity index (χ1) is 11.9. The third-order valence-corrected chi connectivity index (χ3v) is 4.70. The Morgan fingerprint density at radius 3 is 2.35 bits per heavy atom. The summed E-state index contributed by atoms with van der Waals surface area (Å²) in [7, 11) is 0. The molecule has 0 unspecified atom stereocenters. The number of nitrogens with zero attached hydrogens (tertiary/aromatic N) is 1. The lowest BCUT2D eigenvalue weighted by atomic mass is 9.95. The molecule has 6 heteroatoms. The van der Waals surface area contributed by atoms with Crippen LogP contribution in [-0.2, 0) is 14.3 Å². The van der Waals surface area contributed by atoms with Gasteiger partial charge in [-0.3, -0.25) is 4.79 Å². The van der Waals surface area contributed by atoms with Crippen molar-refractivity contribution in [2.75, 3.05) is 13.1 Å². The first kappa shape index (κ1) is 20.5. The molecule has 1 atom stereocenters. The van der Waals surface area contributed by atoms with Gasteiger partial charge in [0.05, 0.1) is 12.0 Å². The zero-order valence-electron chi connectivity index (χ0n) is 16.7. The molecular formula is C20H29NO4S. The first-order valence-corrected chi connectivity index (χ1v) is 9.69. The molecule has 5 nitrogen and oxygen atoms in total. The van der Waals surface area contributed by atoms with Crippen LogP contribution in [0, 0.1) is 12.3 Å². The standard InChI is InChI=1S/C20H29NO4S/c1-13-10-14(12-26-13)15-8-9-21(18(23)25-20(5,6)7)11-16(15)24-17(22)19(2,3)4/h8,10,12,16H,9,11H2,1-7H3/t16-/m0/s1. The summed E-state index contributed by atoms with van der Waals surface area (Å²) in [6.07, 6.45) is 1.05. The minimum absolute atomic E-state index is 0.286. The summed E-state index contributed by atoms with van der Waals surface area (Å²) in [6.45, 7) is 13.7. The molecule has 0 saturated heterocycles. The van der Waals surface area contributed by atoms with E-state index in [0.717, 1.165) is 11.1 Å². The Kier molecular flexibility index (Phi) is 5.85. The maximum absolute atomic E-state index is 12.4. The number of aryl methyl sites for hydroxylation is 1. The quantitative estimate of drug-likeness (QED) is 0.702. The molecule has 0 fully saturated rings. The van der Waals surface area contributed by atoms with E-state index in [1.807, 2.05) is 54.5 Å². The third-order valence-electron chi connectivity index (χ3n) is 3.84. The summed E-state index contributed by atoms with van der Waals surface area (Å²) in [5.41, 5.74) is 0.822. The van der Waals surface area contributed by atoms with Crippen molar-refractivity contribution in [3.8, 4) is 0 Å². The Morgan fingerprint density at radius 2 is 1.85 bits per heavy atom. The van der Waals surface area contributed by atoms with Crippen molar-refractivity contribution >= 4 is 29.0 Å². The van der Waals surface area contributed by atoms with Gasteiger partial charge in [0.2, 0.25) is 0 Å². The summed E-state index contributed by atoms with van der Waals surface area (Å²) < 4.78 is 11.3. The van der Waals surface area contributed by atoms with Crippen LogP contribution < -0.4 is 0 Å². The van der Waals surface area contributed by atoms with E-state index in [2.05, 4.69) is 11.4 Å². The molecule has 2 heterocycles. The highest BCUT2D eigenvalue weighted by Crippen LogP contribution is 2.31. The molecule has 0 radical (unpaired) electrons. The van der Waals surface area contributed by atoms with Crippen LogP contribution in [0.4, 0.5) is 4.79 Å². The molecule has 0 N–H and O–H groups in total. The van der Waals surface area contributed by atoms with Crippen LogP contribution in [-0.4, -0.2) is 41.8 Å². The Hall–Kier alpha value is -1.82. The smallest absolute Gasteiger partial charge is 0.410 e. The number of carbonyl (C=O) groups excluding carboxylic acids is 2. The molecular weight excluding hydrogens is 350 g/mol. The SMILES string of the molecule is Cc1cc(C2=CCN(C(=O)OC(C)(C)C)C[C@@H]2OC(=O)C(C)(C)C)cs1. The molecule has 144 valence electrons. The number of amides is 1. The maximum atomic E-state index is 12.4. The molecule has 1 aromatic rings. The van der Waals surface area contributed by atoms with Gasteiger partial charge in [-0.1, -0.05) is 6.08 Å². The molecule has 0 saturated carbocycles.